The fourth-order valence-electron chi connectivity index (χ4n) is 2.86. The molecule has 21 heavy (non-hydrogen) atoms. The quantitative estimate of drug-likeness (QED) is 0.623. The van der Waals surface area contributed by atoms with Gasteiger partial charge < -0.3 is 10.2 Å². The lowest BCUT2D eigenvalue weighted by molar-refractivity contribution is -0.138. The smallest absolute Gasteiger partial charge is 0.246 e. The lowest BCUT2D eigenvalue weighted by Gasteiger charge is -2.21. The summed E-state index contributed by atoms with van der Waals surface area (Å²) in [6.07, 6.45) is 3.29. The number of hydrogen-bond acceptors (Lipinski definition) is 4. The number of rotatable bonds is 10. The predicted octanol–water partition coefficient (Wildman–Crippen LogP) is 1.62. The van der Waals surface area contributed by atoms with Crippen molar-refractivity contribution in [2.75, 3.05) is 26.2 Å². The molecule has 0 spiro atoms. The minimum atomic E-state index is -0.312. The number of amides is 2. The average Bonchev–Trinajstić information content (AvgIpc) is 2.71. The maximum absolute atomic E-state index is 12.2. The Morgan fingerprint density at radius 2 is 1.95 bits per heavy atom. The highest BCUT2D eigenvalue weighted by Gasteiger charge is 2.38. The first-order chi connectivity index (χ1) is 10.0. The summed E-state index contributed by atoms with van der Waals surface area (Å²) in [4.78, 5) is 27.8. The molecule has 0 radical (unpaired) electrons. The molecule has 0 aromatic carbocycles. The molecule has 2 atom stereocenters. The topological polar surface area (TPSA) is 52.7 Å². The van der Waals surface area contributed by atoms with Crippen molar-refractivity contribution < 1.29 is 9.59 Å². The van der Waals surface area contributed by atoms with Gasteiger partial charge >= 0.3 is 0 Å². The fourth-order valence-corrected chi connectivity index (χ4v) is 2.86. The molecule has 0 saturated carbocycles. The Bertz CT molecular complexity index is 342. The summed E-state index contributed by atoms with van der Waals surface area (Å²) < 4.78 is 0. The van der Waals surface area contributed by atoms with Crippen LogP contribution in [0.3, 0.4) is 0 Å². The van der Waals surface area contributed by atoms with E-state index >= 15 is 0 Å². The van der Waals surface area contributed by atoms with E-state index in [1.54, 1.807) is 0 Å². The summed E-state index contributed by atoms with van der Waals surface area (Å²) in [6, 6.07) is -0.0450. The second-order valence-electron chi connectivity index (χ2n) is 5.88. The highest BCUT2D eigenvalue weighted by Crippen LogP contribution is 2.14. The average molecular weight is 297 g/mol. The third-order valence-corrected chi connectivity index (χ3v) is 4.18. The Hall–Kier alpha value is -0.940. The molecule has 1 N–H and O–H groups in total. The van der Waals surface area contributed by atoms with E-state index in [1.165, 1.54) is 4.90 Å². The van der Waals surface area contributed by atoms with Crippen molar-refractivity contribution in [3.05, 3.63) is 0 Å². The molecule has 1 rings (SSSR count). The molecule has 5 heteroatoms. The van der Waals surface area contributed by atoms with Crippen LogP contribution in [0.2, 0.25) is 0 Å². The van der Waals surface area contributed by atoms with Gasteiger partial charge in [0.25, 0.3) is 0 Å². The molecular formula is C16H31N3O2. The molecule has 1 heterocycles. The minimum absolute atomic E-state index is 0.0327. The zero-order valence-corrected chi connectivity index (χ0v) is 14.0. The lowest BCUT2D eigenvalue weighted by Crippen LogP contribution is -2.43. The van der Waals surface area contributed by atoms with Gasteiger partial charge in [0, 0.05) is 12.6 Å². The monoisotopic (exact) mass is 297 g/mol. The molecule has 0 aromatic heterocycles. The van der Waals surface area contributed by atoms with Crippen LogP contribution in [0.5, 0.6) is 0 Å². The molecule has 2 amide bonds. The number of nitrogens with one attached hydrogen (secondary N) is 1. The van der Waals surface area contributed by atoms with Crippen LogP contribution in [-0.2, 0) is 9.59 Å². The molecule has 1 aliphatic rings. The Morgan fingerprint density at radius 1 is 1.29 bits per heavy atom. The first-order valence-corrected chi connectivity index (χ1v) is 8.36. The second kappa shape index (κ2) is 9.15. The van der Waals surface area contributed by atoms with E-state index in [2.05, 4.69) is 31.0 Å². The molecule has 0 bridgehead atoms. The van der Waals surface area contributed by atoms with Gasteiger partial charge in [0.2, 0.25) is 11.8 Å². The van der Waals surface area contributed by atoms with Crippen LogP contribution < -0.4 is 5.32 Å². The Balaban J connectivity index is 2.33. The summed E-state index contributed by atoms with van der Waals surface area (Å²) >= 11 is 0. The van der Waals surface area contributed by atoms with E-state index in [0.717, 1.165) is 38.9 Å². The van der Waals surface area contributed by atoms with Crippen LogP contribution in [0.15, 0.2) is 0 Å². The summed E-state index contributed by atoms with van der Waals surface area (Å²) in [5.74, 6) is -0.0767. The van der Waals surface area contributed by atoms with Crippen LogP contribution in [0.4, 0.5) is 0 Å². The summed E-state index contributed by atoms with van der Waals surface area (Å²) in [6.45, 7) is 12.2. The van der Waals surface area contributed by atoms with Crippen molar-refractivity contribution in [3.63, 3.8) is 0 Å². The van der Waals surface area contributed by atoms with Crippen molar-refractivity contribution >= 4 is 11.8 Å². The van der Waals surface area contributed by atoms with Crippen molar-refractivity contribution in [2.24, 2.45) is 0 Å². The SMILES string of the molecule is CCCN1C(=O)CC(NC(C)CCCN(CC)CC)C1=O. The van der Waals surface area contributed by atoms with Crippen LogP contribution in [0.1, 0.15) is 53.4 Å². The largest absolute Gasteiger partial charge is 0.304 e. The summed E-state index contributed by atoms with van der Waals surface area (Å²) in [7, 11) is 0. The van der Waals surface area contributed by atoms with Crippen molar-refractivity contribution in [2.45, 2.75) is 65.5 Å². The highest BCUT2D eigenvalue weighted by molar-refractivity contribution is 6.05. The van der Waals surface area contributed by atoms with Gasteiger partial charge in [-0.2, -0.15) is 0 Å². The standard InChI is InChI=1S/C16H31N3O2/c1-5-10-19-15(20)12-14(16(19)21)17-13(4)9-8-11-18(6-2)7-3/h13-14,17H,5-12H2,1-4H3. The van der Waals surface area contributed by atoms with Crippen molar-refractivity contribution in [3.8, 4) is 0 Å². The molecule has 1 aliphatic heterocycles. The third kappa shape index (κ3) is 5.40. The minimum Gasteiger partial charge on any atom is -0.304 e. The second-order valence-corrected chi connectivity index (χ2v) is 5.88. The molecule has 2 unspecified atom stereocenters. The number of carbonyl (C=O) groups is 2. The van der Waals surface area contributed by atoms with Gasteiger partial charge in [-0.1, -0.05) is 20.8 Å². The van der Waals surface area contributed by atoms with Gasteiger partial charge in [0.1, 0.15) is 0 Å². The van der Waals surface area contributed by atoms with E-state index in [1.807, 2.05) is 6.92 Å². The number of carbonyl (C=O) groups excluding carboxylic acids is 2. The maximum atomic E-state index is 12.2. The first kappa shape index (κ1) is 18.1. The number of imide groups is 1. The van der Waals surface area contributed by atoms with Crippen molar-refractivity contribution in [1.82, 2.24) is 15.1 Å². The van der Waals surface area contributed by atoms with E-state index in [4.69, 9.17) is 0 Å². The molecule has 1 saturated heterocycles. The van der Waals surface area contributed by atoms with E-state index in [-0.39, 0.29) is 23.9 Å². The van der Waals surface area contributed by atoms with Gasteiger partial charge in [-0.05, 0) is 45.8 Å². The summed E-state index contributed by atoms with van der Waals surface area (Å²) in [5.41, 5.74) is 0. The van der Waals surface area contributed by atoms with Crippen LogP contribution in [0, 0.1) is 0 Å². The number of hydrogen-bond donors (Lipinski definition) is 1. The van der Waals surface area contributed by atoms with Crippen LogP contribution in [0.25, 0.3) is 0 Å². The molecule has 5 nitrogen and oxygen atoms in total. The van der Waals surface area contributed by atoms with Gasteiger partial charge in [0.15, 0.2) is 0 Å². The van der Waals surface area contributed by atoms with Gasteiger partial charge in [0.05, 0.1) is 12.5 Å². The van der Waals surface area contributed by atoms with Crippen LogP contribution in [-0.4, -0.2) is 59.9 Å². The Labute approximate surface area is 129 Å². The Kier molecular flexibility index (Phi) is 7.89. The zero-order valence-electron chi connectivity index (χ0n) is 14.0. The van der Waals surface area contributed by atoms with E-state index in [0.29, 0.717) is 13.0 Å². The third-order valence-electron chi connectivity index (χ3n) is 4.18. The van der Waals surface area contributed by atoms with Gasteiger partial charge in [-0.3, -0.25) is 14.5 Å². The van der Waals surface area contributed by atoms with Gasteiger partial charge in [-0.15, -0.1) is 0 Å². The lowest BCUT2D eigenvalue weighted by atomic mass is 10.1. The molecule has 1 fully saturated rings. The highest BCUT2D eigenvalue weighted by atomic mass is 16.2. The van der Waals surface area contributed by atoms with E-state index < -0.39 is 0 Å². The normalized spacial score (nSPS) is 20.6. The molecule has 0 aromatic rings. The molecular weight excluding hydrogens is 266 g/mol. The van der Waals surface area contributed by atoms with E-state index in [9.17, 15) is 9.59 Å². The Morgan fingerprint density at radius 3 is 2.52 bits per heavy atom. The number of nitrogens with zero attached hydrogens (tertiary/aromatic N) is 2. The maximum Gasteiger partial charge on any atom is 0.246 e. The zero-order chi connectivity index (χ0) is 15.8. The molecule has 0 aliphatic carbocycles. The van der Waals surface area contributed by atoms with Gasteiger partial charge in [-0.25, -0.2) is 0 Å². The molecule has 122 valence electrons. The van der Waals surface area contributed by atoms with Crippen molar-refractivity contribution in [1.29, 1.82) is 0 Å². The predicted molar refractivity (Wildman–Crippen MR) is 85.0 cm³/mol. The fraction of sp³-hybridized carbons (Fsp3) is 0.875. The summed E-state index contributed by atoms with van der Waals surface area (Å²) in [5, 5.41) is 3.33. The van der Waals surface area contributed by atoms with Crippen LogP contribution >= 0.6 is 0 Å². The number of likely N-dealkylation sites (tertiary alicyclic amines) is 1. The first-order valence-electron chi connectivity index (χ1n) is 8.36.